The fraction of sp³-hybridized carbons (Fsp3) is 0.429. The fourth-order valence-electron chi connectivity index (χ4n) is 5.57. The molecule has 2 aromatic rings. The highest BCUT2D eigenvalue weighted by molar-refractivity contribution is 6.21. The second-order valence-electron chi connectivity index (χ2n) is 9.95. The zero-order valence-electron chi connectivity index (χ0n) is 19.7. The largest absolute Gasteiger partial charge is 0.373 e. The smallest absolute Gasteiger partial charge is 0.261 e. The van der Waals surface area contributed by atoms with Crippen LogP contribution < -0.4 is 0 Å². The molecule has 0 unspecified atom stereocenters. The van der Waals surface area contributed by atoms with E-state index in [0.29, 0.717) is 37.2 Å². The molecule has 3 aliphatic heterocycles. The Labute approximate surface area is 200 Å². The van der Waals surface area contributed by atoms with Crippen molar-refractivity contribution in [3.05, 3.63) is 83.9 Å². The first-order valence-corrected chi connectivity index (χ1v) is 11.9. The summed E-state index contributed by atoms with van der Waals surface area (Å²) in [5.74, 6) is -0.606. The number of hydrogen-bond acceptors (Lipinski definition) is 5. The first-order valence-electron chi connectivity index (χ1n) is 11.9. The van der Waals surface area contributed by atoms with E-state index >= 15 is 0 Å². The SMILES string of the molecule is C=CC[C@@H]1O[C@@H]2COC(C)(C)C[C@H]2[C@H](OCc2ccccc2)[C@H]1N1C(=O)c2ccccc2C1=O. The minimum Gasteiger partial charge on any atom is -0.373 e. The fourth-order valence-corrected chi connectivity index (χ4v) is 5.57. The van der Waals surface area contributed by atoms with Crippen molar-refractivity contribution in [1.29, 1.82) is 0 Å². The topological polar surface area (TPSA) is 65.1 Å². The van der Waals surface area contributed by atoms with Gasteiger partial charge in [-0.25, -0.2) is 0 Å². The molecule has 2 fully saturated rings. The van der Waals surface area contributed by atoms with Crippen LogP contribution in [-0.2, 0) is 20.8 Å². The third-order valence-corrected chi connectivity index (χ3v) is 7.14. The molecule has 5 rings (SSSR count). The zero-order valence-corrected chi connectivity index (χ0v) is 19.7. The predicted octanol–water partition coefficient (Wildman–Crippen LogP) is 4.40. The minimum absolute atomic E-state index is 0.0251. The van der Waals surface area contributed by atoms with E-state index in [4.69, 9.17) is 14.2 Å². The molecule has 3 aliphatic rings. The van der Waals surface area contributed by atoms with Crippen LogP contribution in [0.3, 0.4) is 0 Å². The highest BCUT2D eigenvalue weighted by Gasteiger charge is 2.55. The Morgan fingerprint density at radius 3 is 2.35 bits per heavy atom. The van der Waals surface area contributed by atoms with Gasteiger partial charge in [-0.2, -0.15) is 0 Å². The van der Waals surface area contributed by atoms with Gasteiger partial charge in [0.2, 0.25) is 0 Å². The average molecular weight is 462 g/mol. The molecule has 0 aliphatic carbocycles. The lowest BCUT2D eigenvalue weighted by atomic mass is 9.76. The van der Waals surface area contributed by atoms with E-state index < -0.39 is 18.2 Å². The minimum atomic E-state index is -0.565. The lowest BCUT2D eigenvalue weighted by Crippen LogP contribution is -2.66. The maximum atomic E-state index is 13.5. The van der Waals surface area contributed by atoms with Gasteiger partial charge in [-0.1, -0.05) is 48.5 Å². The molecule has 0 aromatic heterocycles. The van der Waals surface area contributed by atoms with Crippen molar-refractivity contribution in [2.75, 3.05) is 6.61 Å². The van der Waals surface area contributed by atoms with Gasteiger partial charge in [-0.15, -0.1) is 6.58 Å². The maximum Gasteiger partial charge on any atom is 0.261 e. The van der Waals surface area contributed by atoms with E-state index in [1.807, 2.05) is 30.3 Å². The molecule has 6 nitrogen and oxygen atoms in total. The lowest BCUT2D eigenvalue weighted by Gasteiger charge is -2.53. The van der Waals surface area contributed by atoms with Crippen LogP contribution >= 0.6 is 0 Å². The number of carbonyl (C=O) groups excluding carboxylic acids is 2. The summed E-state index contributed by atoms with van der Waals surface area (Å²) >= 11 is 0. The van der Waals surface area contributed by atoms with Crippen LogP contribution in [0.5, 0.6) is 0 Å². The van der Waals surface area contributed by atoms with Crippen molar-refractivity contribution < 1.29 is 23.8 Å². The van der Waals surface area contributed by atoms with E-state index in [1.54, 1.807) is 30.3 Å². The number of fused-ring (bicyclic) bond motifs is 2. The molecule has 0 spiro atoms. The summed E-state index contributed by atoms with van der Waals surface area (Å²) in [5.41, 5.74) is 1.55. The molecule has 178 valence electrons. The number of nitrogens with zero attached hydrogens (tertiary/aromatic N) is 1. The standard InChI is InChI=1S/C28H31NO5/c1-4-10-22-24(29-26(30)19-13-8-9-14-20(19)27(29)31)25(32-16-18-11-6-5-7-12-18)21-15-28(2,3)33-17-23(21)34-22/h4-9,11-14,21-25H,1,10,15-17H2,2-3H3/t21-,22+,23-,24+,25+/m1/s1. The highest BCUT2D eigenvalue weighted by atomic mass is 16.6. The Bertz CT molecular complexity index is 1050. The van der Waals surface area contributed by atoms with Gasteiger partial charge >= 0.3 is 0 Å². The Morgan fingerprint density at radius 1 is 1.06 bits per heavy atom. The van der Waals surface area contributed by atoms with E-state index in [-0.39, 0.29) is 29.4 Å². The Balaban J connectivity index is 1.54. The molecule has 5 atom stereocenters. The quantitative estimate of drug-likeness (QED) is 0.471. The van der Waals surface area contributed by atoms with Gasteiger partial charge in [0.05, 0.1) is 54.3 Å². The Morgan fingerprint density at radius 2 is 1.71 bits per heavy atom. The molecule has 2 amide bonds. The van der Waals surface area contributed by atoms with Crippen molar-refractivity contribution in [3.8, 4) is 0 Å². The second-order valence-corrected chi connectivity index (χ2v) is 9.95. The maximum absolute atomic E-state index is 13.5. The summed E-state index contributed by atoms with van der Waals surface area (Å²) in [5, 5.41) is 0. The highest BCUT2D eigenvalue weighted by Crippen LogP contribution is 2.43. The molecular weight excluding hydrogens is 430 g/mol. The van der Waals surface area contributed by atoms with Gasteiger partial charge in [0.25, 0.3) is 11.8 Å². The molecule has 0 saturated carbocycles. The van der Waals surface area contributed by atoms with Crippen LogP contribution in [0.25, 0.3) is 0 Å². The van der Waals surface area contributed by atoms with Crippen molar-refractivity contribution in [3.63, 3.8) is 0 Å². The third-order valence-electron chi connectivity index (χ3n) is 7.14. The number of carbonyl (C=O) groups is 2. The number of hydrogen-bond donors (Lipinski definition) is 0. The first-order chi connectivity index (χ1) is 16.4. The number of ether oxygens (including phenoxy) is 3. The van der Waals surface area contributed by atoms with E-state index in [1.165, 1.54) is 4.90 Å². The number of amides is 2. The normalized spacial score (nSPS) is 30.1. The van der Waals surface area contributed by atoms with Crippen LogP contribution in [0.4, 0.5) is 0 Å². The summed E-state index contributed by atoms with van der Waals surface area (Å²) in [7, 11) is 0. The van der Waals surface area contributed by atoms with Crippen LogP contribution in [0.2, 0.25) is 0 Å². The predicted molar refractivity (Wildman–Crippen MR) is 127 cm³/mol. The average Bonchev–Trinajstić information content (AvgIpc) is 3.08. The van der Waals surface area contributed by atoms with Crippen LogP contribution in [0, 0.1) is 5.92 Å². The molecule has 34 heavy (non-hydrogen) atoms. The van der Waals surface area contributed by atoms with Crippen LogP contribution in [0.1, 0.15) is 53.0 Å². The van der Waals surface area contributed by atoms with Gasteiger partial charge < -0.3 is 14.2 Å². The van der Waals surface area contributed by atoms with Crippen molar-refractivity contribution in [2.24, 2.45) is 5.92 Å². The summed E-state index contributed by atoms with van der Waals surface area (Å²) in [6.07, 6.45) is 1.98. The van der Waals surface area contributed by atoms with Gasteiger partial charge in [0, 0.05) is 5.92 Å². The molecule has 2 aromatic carbocycles. The van der Waals surface area contributed by atoms with Gasteiger partial charge in [0.15, 0.2) is 0 Å². The van der Waals surface area contributed by atoms with Gasteiger partial charge in [-0.3, -0.25) is 14.5 Å². The second kappa shape index (κ2) is 9.10. The molecular formula is C28H31NO5. The summed E-state index contributed by atoms with van der Waals surface area (Å²) in [4.78, 5) is 28.4. The van der Waals surface area contributed by atoms with E-state index in [9.17, 15) is 9.59 Å². The van der Waals surface area contributed by atoms with Gasteiger partial charge in [0.1, 0.15) is 0 Å². The van der Waals surface area contributed by atoms with Crippen molar-refractivity contribution in [1.82, 2.24) is 4.90 Å². The van der Waals surface area contributed by atoms with Crippen LogP contribution in [-0.4, -0.2) is 53.3 Å². The van der Waals surface area contributed by atoms with Crippen molar-refractivity contribution >= 4 is 11.8 Å². The number of imide groups is 1. The Kier molecular flexibility index (Phi) is 6.15. The number of benzene rings is 2. The molecule has 2 saturated heterocycles. The third kappa shape index (κ3) is 4.11. The molecule has 0 N–H and O–H groups in total. The van der Waals surface area contributed by atoms with E-state index in [2.05, 4.69) is 20.4 Å². The zero-order chi connectivity index (χ0) is 23.9. The van der Waals surface area contributed by atoms with Crippen molar-refractivity contribution in [2.45, 2.75) is 63.3 Å². The molecule has 0 bridgehead atoms. The number of rotatable bonds is 6. The van der Waals surface area contributed by atoms with E-state index in [0.717, 1.165) is 5.56 Å². The molecule has 0 radical (unpaired) electrons. The summed E-state index contributed by atoms with van der Waals surface area (Å²) < 4.78 is 19.2. The lowest BCUT2D eigenvalue weighted by molar-refractivity contribution is -0.245. The van der Waals surface area contributed by atoms with Gasteiger partial charge in [-0.05, 0) is 44.4 Å². The van der Waals surface area contributed by atoms with Crippen LogP contribution in [0.15, 0.2) is 67.3 Å². The summed E-state index contributed by atoms with van der Waals surface area (Å²) in [6.45, 7) is 8.85. The summed E-state index contributed by atoms with van der Waals surface area (Å²) in [6, 6.07) is 16.4. The first kappa shape index (κ1) is 23.0. The molecule has 6 heteroatoms. The monoisotopic (exact) mass is 461 g/mol. The molecule has 3 heterocycles. The Hall–Kier alpha value is -2.80.